The molecular weight excluding hydrogens is 182 g/mol. The van der Waals surface area contributed by atoms with Crippen molar-refractivity contribution in [1.82, 2.24) is 14.5 Å². The number of rotatable bonds is 1. The highest BCUT2D eigenvalue weighted by atomic mass is 16.5. The zero-order valence-corrected chi connectivity index (χ0v) is 7.67. The van der Waals surface area contributed by atoms with Crippen LogP contribution in [0.3, 0.4) is 0 Å². The molecule has 0 radical (unpaired) electrons. The summed E-state index contributed by atoms with van der Waals surface area (Å²) in [5.41, 5.74) is 1.39. The van der Waals surface area contributed by atoms with Crippen LogP contribution in [0.4, 0.5) is 4.79 Å². The van der Waals surface area contributed by atoms with Gasteiger partial charge in [0.2, 0.25) is 0 Å². The van der Waals surface area contributed by atoms with E-state index in [1.165, 1.54) is 10.9 Å². The summed E-state index contributed by atoms with van der Waals surface area (Å²) in [5, 5.41) is 0. The first-order chi connectivity index (χ1) is 6.83. The largest absolute Gasteiger partial charge is 0.449 e. The number of imidazole rings is 1. The lowest BCUT2D eigenvalue weighted by atomic mass is 10.4. The molecule has 0 aliphatic carbocycles. The third-order valence-electron chi connectivity index (χ3n) is 1.81. The molecule has 0 aliphatic heterocycles. The Morgan fingerprint density at radius 1 is 1.64 bits per heavy atom. The molecule has 0 N–H and O–H groups in total. The smallest absolute Gasteiger partial charge is 0.419 e. The molecule has 2 aromatic rings. The summed E-state index contributed by atoms with van der Waals surface area (Å²) in [6.07, 6.45) is 4.22. The molecular formula is C9H9N3O2. The first-order valence-electron chi connectivity index (χ1n) is 4.27. The van der Waals surface area contributed by atoms with Gasteiger partial charge in [0.15, 0.2) is 0 Å². The fraction of sp³-hybridized carbons (Fsp3) is 0.222. The van der Waals surface area contributed by atoms with E-state index in [1.807, 2.05) is 0 Å². The molecule has 0 atom stereocenters. The van der Waals surface area contributed by atoms with E-state index in [0.717, 1.165) is 5.52 Å². The van der Waals surface area contributed by atoms with Crippen molar-refractivity contribution in [2.45, 2.75) is 6.92 Å². The summed E-state index contributed by atoms with van der Waals surface area (Å²) in [6.45, 7) is 2.11. The van der Waals surface area contributed by atoms with Crippen LogP contribution < -0.4 is 0 Å². The molecule has 14 heavy (non-hydrogen) atoms. The summed E-state index contributed by atoms with van der Waals surface area (Å²) in [4.78, 5) is 19.4. The number of carbonyl (C=O) groups is 1. The normalized spacial score (nSPS) is 10.4. The van der Waals surface area contributed by atoms with Gasteiger partial charge in [0.05, 0.1) is 23.8 Å². The maximum atomic E-state index is 11.4. The van der Waals surface area contributed by atoms with Gasteiger partial charge in [-0.2, -0.15) is 0 Å². The van der Waals surface area contributed by atoms with Gasteiger partial charge in [0.1, 0.15) is 6.33 Å². The topological polar surface area (TPSA) is 57.0 Å². The molecule has 72 valence electrons. The van der Waals surface area contributed by atoms with E-state index in [1.54, 1.807) is 25.4 Å². The highest BCUT2D eigenvalue weighted by Crippen LogP contribution is 2.10. The monoisotopic (exact) mass is 191 g/mol. The molecule has 5 nitrogen and oxygen atoms in total. The van der Waals surface area contributed by atoms with Crippen LogP contribution in [0, 0.1) is 0 Å². The van der Waals surface area contributed by atoms with Crippen LogP contribution in [-0.4, -0.2) is 27.2 Å². The maximum absolute atomic E-state index is 11.4. The quantitative estimate of drug-likeness (QED) is 0.684. The molecule has 5 heteroatoms. The van der Waals surface area contributed by atoms with Crippen LogP contribution in [0.15, 0.2) is 24.8 Å². The molecule has 0 aliphatic rings. The molecule has 0 saturated heterocycles. The van der Waals surface area contributed by atoms with E-state index in [2.05, 4.69) is 9.97 Å². The number of hydrogen-bond acceptors (Lipinski definition) is 4. The average molecular weight is 191 g/mol. The number of hydrogen-bond donors (Lipinski definition) is 0. The Balaban J connectivity index is 2.47. The number of fused-ring (bicyclic) bond motifs is 1. The van der Waals surface area contributed by atoms with Crippen LogP contribution in [0.1, 0.15) is 6.92 Å². The summed E-state index contributed by atoms with van der Waals surface area (Å²) >= 11 is 0. The van der Waals surface area contributed by atoms with Crippen molar-refractivity contribution in [2.75, 3.05) is 6.61 Å². The highest BCUT2D eigenvalue weighted by molar-refractivity contribution is 5.85. The summed E-state index contributed by atoms with van der Waals surface area (Å²) in [6, 6.07) is 1.74. The second-order valence-electron chi connectivity index (χ2n) is 2.68. The lowest BCUT2D eigenvalue weighted by molar-refractivity contribution is 0.155. The lowest BCUT2D eigenvalue weighted by Crippen LogP contribution is -2.12. The lowest BCUT2D eigenvalue weighted by Gasteiger charge is -2.01. The Morgan fingerprint density at radius 2 is 2.50 bits per heavy atom. The number of nitrogens with zero attached hydrogens (tertiary/aromatic N) is 3. The SMILES string of the molecule is CCOC(=O)n1cnc2ccncc21. The van der Waals surface area contributed by atoms with E-state index in [0.29, 0.717) is 12.1 Å². The first-order valence-corrected chi connectivity index (χ1v) is 4.27. The molecule has 0 unspecified atom stereocenters. The van der Waals surface area contributed by atoms with Gasteiger partial charge in [-0.15, -0.1) is 0 Å². The standard InChI is InChI=1S/C9H9N3O2/c1-2-14-9(13)12-6-11-7-3-4-10-5-8(7)12/h3-6H,2H2,1H3. The number of carbonyl (C=O) groups excluding carboxylic acids is 1. The highest BCUT2D eigenvalue weighted by Gasteiger charge is 2.09. The second-order valence-corrected chi connectivity index (χ2v) is 2.68. The summed E-state index contributed by atoms with van der Waals surface area (Å²) in [5.74, 6) is 0. The van der Waals surface area contributed by atoms with Crippen LogP contribution in [0.25, 0.3) is 11.0 Å². The Labute approximate surface area is 80.3 Å². The van der Waals surface area contributed by atoms with Crippen molar-refractivity contribution in [3.05, 3.63) is 24.8 Å². The number of pyridine rings is 1. The summed E-state index contributed by atoms with van der Waals surface area (Å²) < 4.78 is 6.19. The number of ether oxygens (including phenoxy) is 1. The third-order valence-corrected chi connectivity index (χ3v) is 1.81. The predicted octanol–water partition coefficient (Wildman–Crippen LogP) is 1.44. The van der Waals surface area contributed by atoms with Crippen LogP contribution in [-0.2, 0) is 4.74 Å². The van der Waals surface area contributed by atoms with Crippen molar-refractivity contribution in [3.63, 3.8) is 0 Å². The Morgan fingerprint density at radius 3 is 3.29 bits per heavy atom. The van der Waals surface area contributed by atoms with Gasteiger partial charge < -0.3 is 4.74 Å². The van der Waals surface area contributed by atoms with E-state index in [-0.39, 0.29) is 0 Å². The van der Waals surface area contributed by atoms with Crippen molar-refractivity contribution in [3.8, 4) is 0 Å². The molecule has 2 aromatic heterocycles. The van der Waals surface area contributed by atoms with E-state index < -0.39 is 6.09 Å². The van der Waals surface area contributed by atoms with Gasteiger partial charge in [-0.1, -0.05) is 0 Å². The van der Waals surface area contributed by atoms with E-state index in [9.17, 15) is 4.79 Å². The fourth-order valence-corrected chi connectivity index (χ4v) is 1.19. The van der Waals surface area contributed by atoms with Crippen LogP contribution in [0.2, 0.25) is 0 Å². The van der Waals surface area contributed by atoms with Crippen LogP contribution >= 0.6 is 0 Å². The second kappa shape index (κ2) is 3.45. The van der Waals surface area contributed by atoms with Crippen molar-refractivity contribution >= 4 is 17.1 Å². The predicted molar refractivity (Wildman–Crippen MR) is 49.9 cm³/mol. The Hall–Kier alpha value is -1.91. The first kappa shape index (κ1) is 8.68. The Bertz CT molecular complexity index is 464. The fourth-order valence-electron chi connectivity index (χ4n) is 1.19. The molecule has 2 heterocycles. The minimum atomic E-state index is -0.428. The average Bonchev–Trinajstić information content (AvgIpc) is 2.61. The van der Waals surface area contributed by atoms with E-state index in [4.69, 9.17) is 4.74 Å². The van der Waals surface area contributed by atoms with E-state index >= 15 is 0 Å². The zero-order valence-electron chi connectivity index (χ0n) is 7.67. The maximum Gasteiger partial charge on any atom is 0.419 e. The number of aromatic nitrogens is 3. The van der Waals surface area contributed by atoms with Crippen molar-refractivity contribution in [2.24, 2.45) is 0 Å². The minimum Gasteiger partial charge on any atom is -0.449 e. The van der Waals surface area contributed by atoms with Gasteiger partial charge >= 0.3 is 6.09 Å². The van der Waals surface area contributed by atoms with Gasteiger partial charge in [-0.05, 0) is 13.0 Å². The van der Waals surface area contributed by atoms with Gasteiger partial charge in [-0.25, -0.2) is 14.3 Å². The minimum absolute atomic E-state index is 0.346. The van der Waals surface area contributed by atoms with Crippen molar-refractivity contribution in [1.29, 1.82) is 0 Å². The van der Waals surface area contributed by atoms with Gasteiger partial charge in [0.25, 0.3) is 0 Å². The third kappa shape index (κ3) is 1.32. The van der Waals surface area contributed by atoms with Crippen molar-refractivity contribution < 1.29 is 9.53 Å². The Kier molecular flexibility index (Phi) is 2.14. The molecule has 2 rings (SSSR count). The summed E-state index contributed by atoms with van der Waals surface area (Å²) in [7, 11) is 0. The van der Waals surface area contributed by atoms with Gasteiger partial charge in [0, 0.05) is 6.20 Å². The molecule has 0 spiro atoms. The molecule has 0 amide bonds. The van der Waals surface area contributed by atoms with Gasteiger partial charge in [-0.3, -0.25) is 4.98 Å². The molecule has 0 bridgehead atoms. The molecule has 0 aromatic carbocycles. The molecule has 0 fully saturated rings. The van der Waals surface area contributed by atoms with Crippen LogP contribution in [0.5, 0.6) is 0 Å². The zero-order chi connectivity index (χ0) is 9.97. The molecule has 0 saturated carbocycles.